The molecule has 1 saturated heterocycles. The predicted molar refractivity (Wildman–Crippen MR) is 96.2 cm³/mol. The van der Waals surface area contributed by atoms with Gasteiger partial charge in [0.05, 0.1) is 17.8 Å². The predicted octanol–water partition coefficient (Wildman–Crippen LogP) is 2.51. The molecule has 0 bridgehead atoms. The molecule has 2 heterocycles. The minimum Gasteiger partial charge on any atom is -0.388 e. The molecule has 0 spiro atoms. The zero-order valence-electron chi connectivity index (χ0n) is 14.5. The number of H-pyrrole nitrogens is 1. The summed E-state index contributed by atoms with van der Waals surface area (Å²) in [6, 6.07) is 3.61. The molecule has 1 aliphatic heterocycles. The van der Waals surface area contributed by atoms with E-state index in [0.29, 0.717) is 18.1 Å². The summed E-state index contributed by atoms with van der Waals surface area (Å²) in [5.41, 5.74) is 1.16. The number of carbonyl (C=O) groups is 1. The van der Waals surface area contributed by atoms with Crippen LogP contribution in [0.25, 0.3) is 10.9 Å². The highest BCUT2D eigenvalue weighted by atomic mass is 35.5. The number of aromatic nitrogens is 2. The lowest BCUT2D eigenvalue weighted by molar-refractivity contribution is -0.136. The van der Waals surface area contributed by atoms with E-state index in [1.165, 1.54) is 0 Å². The Balaban J connectivity index is 1.82. The summed E-state index contributed by atoms with van der Waals surface area (Å²) in [4.78, 5) is 13.3. The number of carbonyl (C=O) groups excluding carboxylic acids is 1. The molecule has 3 N–H and O–H groups in total. The van der Waals surface area contributed by atoms with Gasteiger partial charge < -0.3 is 15.1 Å². The van der Waals surface area contributed by atoms with Gasteiger partial charge in [-0.2, -0.15) is 5.10 Å². The van der Waals surface area contributed by atoms with Crippen molar-refractivity contribution in [3.05, 3.63) is 28.9 Å². The van der Waals surface area contributed by atoms with Crippen LogP contribution in [0.5, 0.6) is 0 Å². The maximum absolute atomic E-state index is 11.6. The lowest BCUT2D eigenvalue weighted by atomic mass is 9.68. The second-order valence-corrected chi connectivity index (χ2v) is 7.80. The minimum absolute atomic E-state index is 0.231. The molecule has 1 aromatic heterocycles. The van der Waals surface area contributed by atoms with E-state index in [4.69, 9.17) is 16.7 Å². The average Bonchev–Trinajstić information content (AvgIpc) is 3.08. The van der Waals surface area contributed by atoms with E-state index < -0.39 is 18.1 Å². The minimum atomic E-state index is -0.709. The zero-order valence-corrected chi connectivity index (χ0v) is 15.3. The number of halogens is 1. The van der Waals surface area contributed by atoms with Crippen molar-refractivity contribution in [1.29, 1.82) is 0 Å². The monoisotopic (exact) mass is 365 g/mol. The van der Waals surface area contributed by atoms with Crippen molar-refractivity contribution >= 4 is 28.4 Å². The van der Waals surface area contributed by atoms with Gasteiger partial charge in [0, 0.05) is 29.1 Å². The third kappa shape index (κ3) is 3.38. The number of fused-ring (bicyclic) bond motifs is 1. The molecule has 1 amide bonds. The van der Waals surface area contributed by atoms with Crippen LogP contribution in [-0.2, 0) is 4.79 Å². The van der Waals surface area contributed by atoms with Gasteiger partial charge in [-0.25, -0.2) is 0 Å². The van der Waals surface area contributed by atoms with Gasteiger partial charge in [-0.15, -0.1) is 0 Å². The van der Waals surface area contributed by atoms with Crippen LogP contribution in [0.2, 0.25) is 5.02 Å². The van der Waals surface area contributed by atoms with Crippen molar-refractivity contribution < 1.29 is 15.0 Å². The van der Waals surface area contributed by atoms with Gasteiger partial charge in [-0.05, 0) is 36.3 Å². The van der Waals surface area contributed by atoms with Crippen molar-refractivity contribution in [3.8, 4) is 0 Å². The normalized spacial score (nSPS) is 17.9. The van der Waals surface area contributed by atoms with E-state index in [-0.39, 0.29) is 11.8 Å². The summed E-state index contributed by atoms with van der Waals surface area (Å²) in [6.45, 7) is 4.87. The van der Waals surface area contributed by atoms with E-state index in [1.807, 2.05) is 6.07 Å². The first-order valence-corrected chi connectivity index (χ1v) is 8.91. The molecule has 25 heavy (non-hydrogen) atoms. The Kier molecular flexibility index (Phi) is 5.04. The molecule has 3 rings (SSSR count). The number of aliphatic hydroxyl groups is 2. The van der Waals surface area contributed by atoms with Gasteiger partial charge in [0.1, 0.15) is 6.61 Å². The number of nitrogens with zero attached hydrogens (tertiary/aromatic N) is 2. The van der Waals surface area contributed by atoms with Gasteiger partial charge in [-0.1, -0.05) is 25.4 Å². The standard InChI is InChI=1S/C18H24ClN3O3/c1-18(2,12-3-5-22(6-4-12)15(24)10-23)17(25)14-8-13(19)7-11-9-20-21-16(11)14/h7-9,12,17,23,25H,3-6,10H2,1-2H3,(H,20,21)/t17-/m1/s1. The van der Waals surface area contributed by atoms with Gasteiger partial charge in [0.25, 0.3) is 0 Å². The van der Waals surface area contributed by atoms with E-state index in [2.05, 4.69) is 24.0 Å². The quantitative estimate of drug-likeness (QED) is 0.776. The number of hydrogen-bond acceptors (Lipinski definition) is 4. The molecule has 0 aliphatic carbocycles. The summed E-state index contributed by atoms with van der Waals surface area (Å²) in [5.74, 6) is 0.0213. The highest BCUT2D eigenvalue weighted by Crippen LogP contribution is 2.46. The van der Waals surface area contributed by atoms with E-state index in [1.54, 1.807) is 17.2 Å². The lowest BCUT2D eigenvalue weighted by Gasteiger charge is -2.43. The third-order valence-corrected chi connectivity index (χ3v) is 5.80. The van der Waals surface area contributed by atoms with Gasteiger partial charge in [-0.3, -0.25) is 9.89 Å². The van der Waals surface area contributed by atoms with Gasteiger partial charge in [0.2, 0.25) is 5.91 Å². The number of benzene rings is 1. The number of amides is 1. The first-order valence-electron chi connectivity index (χ1n) is 8.53. The Morgan fingerprint density at radius 2 is 2.12 bits per heavy atom. The number of rotatable bonds is 4. The number of likely N-dealkylation sites (tertiary alicyclic amines) is 1. The van der Waals surface area contributed by atoms with Crippen LogP contribution in [0.4, 0.5) is 0 Å². The number of nitrogens with one attached hydrogen (secondary N) is 1. The van der Waals surface area contributed by atoms with E-state index in [0.717, 1.165) is 29.3 Å². The molecule has 1 aromatic carbocycles. The molecule has 7 heteroatoms. The van der Waals surface area contributed by atoms with E-state index in [9.17, 15) is 9.90 Å². The highest BCUT2D eigenvalue weighted by molar-refractivity contribution is 6.31. The molecule has 1 atom stereocenters. The van der Waals surface area contributed by atoms with Crippen LogP contribution in [0.15, 0.2) is 18.3 Å². The number of hydrogen-bond donors (Lipinski definition) is 3. The second-order valence-electron chi connectivity index (χ2n) is 7.37. The molecular formula is C18H24ClN3O3. The number of aromatic amines is 1. The topological polar surface area (TPSA) is 89.5 Å². The lowest BCUT2D eigenvalue weighted by Crippen LogP contribution is -2.44. The summed E-state index contributed by atoms with van der Waals surface area (Å²) in [6.07, 6.45) is 2.58. The molecule has 1 fully saturated rings. The Morgan fingerprint density at radius 3 is 2.76 bits per heavy atom. The molecular weight excluding hydrogens is 342 g/mol. The first kappa shape index (κ1) is 18.2. The van der Waals surface area contributed by atoms with Crippen molar-refractivity contribution in [1.82, 2.24) is 15.1 Å². The molecule has 0 radical (unpaired) electrons. The molecule has 1 aliphatic rings. The molecule has 6 nitrogen and oxygen atoms in total. The average molecular weight is 366 g/mol. The summed E-state index contributed by atoms with van der Waals surface area (Å²) in [7, 11) is 0. The second kappa shape index (κ2) is 6.94. The Morgan fingerprint density at radius 1 is 1.44 bits per heavy atom. The molecule has 0 unspecified atom stereocenters. The van der Waals surface area contributed by atoms with Crippen molar-refractivity contribution in [2.75, 3.05) is 19.7 Å². The summed E-state index contributed by atoms with van der Waals surface area (Å²) >= 11 is 6.21. The molecule has 2 aromatic rings. The number of piperidine rings is 1. The SMILES string of the molecule is CC(C)(C1CCN(C(=O)CO)CC1)[C@H](O)c1cc(Cl)cc2cn[nH]c12. The van der Waals surface area contributed by atoms with Crippen LogP contribution in [0.1, 0.15) is 38.4 Å². The smallest absolute Gasteiger partial charge is 0.248 e. The third-order valence-electron chi connectivity index (χ3n) is 5.58. The van der Waals surface area contributed by atoms with E-state index >= 15 is 0 Å². The highest BCUT2D eigenvalue weighted by Gasteiger charge is 2.40. The Hall–Kier alpha value is -1.63. The van der Waals surface area contributed by atoms with Crippen molar-refractivity contribution in [3.63, 3.8) is 0 Å². The Bertz CT molecular complexity index is 766. The maximum Gasteiger partial charge on any atom is 0.248 e. The van der Waals surface area contributed by atoms with Crippen LogP contribution >= 0.6 is 11.6 Å². The fraction of sp³-hybridized carbons (Fsp3) is 0.556. The Labute approximate surface area is 151 Å². The first-order chi connectivity index (χ1) is 11.8. The largest absolute Gasteiger partial charge is 0.388 e. The molecule has 0 saturated carbocycles. The zero-order chi connectivity index (χ0) is 18.2. The van der Waals surface area contributed by atoms with Gasteiger partial charge >= 0.3 is 0 Å². The van der Waals surface area contributed by atoms with Crippen LogP contribution in [0, 0.1) is 11.3 Å². The summed E-state index contributed by atoms with van der Waals surface area (Å²) in [5, 5.41) is 28.6. The van der Waals surface area contributed by atoms with Crippen molar-refractivity contribution in [2.24, 2.45) is 11.3 Å². The van der Waals surface area contributed by atoms with Crippen LogP contribution in [0.3, 0.4) is 0 Å². The summed E-state index contributed by atoms with van der Waals surface area (Å²) < 4.78 is 0. The fourth-order valence-electron chi connectivity index (χ4n) is 3.86. The van der Waals surface area contributed by atoms with Crippen LogP contribution in [-0.4, -0.2) is 50.9 Å². The van der Waals surface area contributed by atoms with Gasteiger partial charge in [0.15, 0.2) is 0 Å². The van der Waals surface area contributed by atoms with Crippen molar-refractivity contribution in [2.45, 2.75) is 32.8 Å². The van der Waals surface area contributed by atoms with Crippen LogP contribution < -0.4 is 0 Å². The molecule has 136 valence electrons. The maximum atomic E-state index is 11.6. The number of aliphatic hydroxyl groups excluding tert-OH is 2. The fourth-order valence-corrected chi connectivity index (χ4v) is 4.09.